The molecule has 0 saturated heterocycles. The second kappa shape index (κ2) is 7.05. The number of carbonyl (C=O) groups excluding carboxylic acids is 2. The first-order chi connectivity index (χ1) is 15.6. The normalized spacial score (nSPS) is 19.0. The number of benzene rings is 2. The van der Waals surface area contributed by atoms with Gasteiger partial charge in [-0.1, -0.05) is 36.4 Å². The van der Waals surface area contributed by atoms with Crippen LogP contribution in [0.3, 0.4) is 0 Å². The van der Waals surface area contributed by atoms with Crippen molar-refractivity contribution in [1.29, 1.82) is 0 Å². The van der Waals surface area contributed by atoms with E-state index in [4.69, 9.17) is 0 Å². The monoisotopic (exact) mass is 426 g/mol. The van der Waals surface area contributed by atoms with Crippen molar-refractivity contribution in [2.75, 3.05) is 29.4 Å². The van der Waals surface area contributed by atoms with Crippen molar-refractivity contribution in [3.05, 3.63) is 71.9 Å². The second-order valence-electron chi connectivity index (χ2n) is 8.30. The van der Waals surface area contributed by atoms with Crippen LogP contribution in [0.1, 0.15) is 18.1 Å². The lowest BCUT2D eigenvalue weighted by Gasteiger charge is -2.35. The van der Waals surface area contributed by atoms with Gasteiger partial charge in [0.15, 0.2) is 5.82 Å². The van der Waals surface area contributed by atoms with E-state index < -0.39 is 0 Å². The fourth-order valence-electron chi connectivity index (χ4n) is 4.92. The molecule has 1 aromatic heterocycles. The van der Waals surface area contributed by atoms with Crippen molar-refractivity contribution < 1.29 is 9.59 Å². The van der Waals surface area contributed by atoms with Crippen LogP contribution in [0, 0.1) is 0 Å². The molecule has 3 aliphatic heterocycles. The summed E-state index contributed by atoms with van der Waals surface area (Å²) < 4.78 is 1.72. The molecule has 4 heterocycles. The summed E-state index contributed by atoms with van der Waals surface area (Å²) in [7, 11) is 0. The van der Waals surface area contributed by atoms with Crippen LogP contribution in [0.4, 0.5) is 16.3 Å². The van der Waals surface area contributed by atoms with Gasteiger partial charge in [0, 0.05) is 18.3 Å². The highest BCUT2D eigenvalue weighted by molar-refractivity contribution is 6.20. The number of para-hydroxylation sites is 2. The minimum Gasteiger partial charge on any atom is -0.307 e. The van der Waals surface area contributed by atoms with Crippen LogP contribution in [0.25, 0.3) is 5.69 Å². The van der Waals surface area contributed by atoms with E-state index in [0.717, 1.165) is 28.9 Å². The van der Waals surface area contributed by atoms with E-state index in [2.05, 4.69) is 16.2 Å². The average Bonchev–Trinajstić information content (AvgIpc) is 3.52. The van der Waals surface area contributed by atoms with Crippen LogP contribution >= 0.6 is 0 Å². The maximum Gasteiger partial charge on any atom is 0.331 e. The Morgan fingerprint density at radius 3 is 2.72 bits per heavy atom. The Hall–Kier alpha value is -3.94. The first-order valence-corrected chi connectivity index (χ1v) is 10.8. The second-order valence-corrected chi connectivity index (χ2v) is 8.30. The van der Waals surface area contributed by atoms with E-state index >= 15 is 0 Å². The lowest BCUT2D eigenvalue weighted by molar-refractivity contribution is -0.117. The molecule has 3 aliphatic rings. The van der Waals surface area contributed by atoms with E-state index in [-0.39, 0.29) is 24.5 Å². The van der Waals surface area contributed by atoms with E-state index in [9.17, 15) is 9.59 Å². The number of aliphatic imine (C=N–C) groups is 1. The molecule has 3 aromatic rings. The third kappa shape index (κ3) is 2.69. The molecule has 8 nitrogen and oxygen atoms in total. The molecule has 6 rings (SSSR count). The van der Waals surface area contributed by atoms with Crippen LogP contribution < -0.4 is 9.80 Å². The number of urea groups is 1. The van der Waals surface area contributed by atoms with Crippen molar-refractivity contribution in [1.82, 2.24) is 14.7 Å². The molecule has 0 N–H and O–H groups in total. The van der Waals surface area contributed by atoms with Crippen LogP contribution in [-0.4, -0.2) is 58.1 Å². The fourth-order valence-corrected chi connectivity index (χ4v) is 4.92. The smallest absolute Gasteiger partial charge is 0.307 e. The van der Waals surface area contributed by atoms with Gasteiger partial charge >= 0.3 is 6.03 Å². The van der Waals surface area contributed by atoms with Crippen LogP contribution in [0.2, 0.25) is 0 Å². The summed E-state index contributed by atoms with van der Waals surface area (Å²) in [6.45, 7) is 3.04. The maximum atomic E-state index is 13.6. The number of carbonyl (C=O) groups is 2. The van der Waals surface area contributed by atoms with Gasteiger partial charge in [0.2, 0.25) is 5.91 Å². The van der Waals surface area contributed by atoms with Gasteiger partial charge in [-0.3, -0.25) is 19.6 Å². The molecule has 0 radical (unpaired) electrons. The lowest BCUT2D eigenvalue weighted by Crippen LogP contribution is -2.54. The zero-order valence-electron chi connectivity index (χ0n) is 17.7. The van der Waals surface area contributed by atoms with Gasteiger partial charge in [0.05, 0.1) is 24.0 Å². The molecule has 2 aromatic carbocycles. The quantitative estimate of drug-likeness (QED) is 0.646. The summed E-state index contributed by atoms with van der Waals surface area (Å²) in [6.07, 6.45) is 2.54. The van der Waals surface area contributed by atoms with E-state index in [1.807, 2.05) is 60.4 Å². The van der Waals surface area contributed by atoms with Gasteiger partial charge in [-0.05, 0) is 37.1 Å². The molecule has 0 saturated carbocycles. The highest BCUT2D eigenvalue weighted by Gasteiger charge is 2.42. The van der Waals surface area contributed by atoms with Crippen molar-refractivity contribution >= 4 is 29.3 Å². The first-order valence-electron chi connectivity index (χ1n) is 10.8. The molecule has 0 bridgehead atoms. The predicted octanol–water partition coefficient (Wildman–Crippen LogP) is 2.85. The van der Waals surface area contributed by atoms with Gasteiger partial charge in [0.1, 0.15) is 12.4 Å². The van der Waals surface area contributed by atoms with Crippen molar-refractivity contribution in [3.8, 4) is 5.69 Å². The predicted molar refractivity (Wildman–Crippen MR) is 122 cm³/mol. The number of hydrogen-bond donors (Lipinski definition) is 0. The fraction of sp³-hybridized carbons (Fsp3) is 0.250. The highest BCUT2D eigenvalue weighted by Crippen LogP contribution is 2.35. The van der Waals surface area contributed by atoms with Gasteiger partial charge < -0.3 is 4.90 Å². The Morgan fingerprint density at radius 1 is 1.09 bits per heavy atom. The molecule has 160 valence electrons. The Labute approximate surface area is 185 Å². The number of rotatable bonds is 3. The number of hydrogen-bond acceptors (Lipinski definition) is 4. The molecule has 1 atom stereocenters. The Bertz CT molecular complexity index is 1260. The van der Waals surface area contributed by atoms with Crippen molar-refractivity contribution in [3.63, 3.8) is 0 Å². The number of aromatic nitrogens is 2. The lowest BCUT2D eigenvalue weighted by atomic mass is 10.1. The Kier molecular flexibility index (Phi) is 4.14. The highest BCUT2D eigenvalue weighted by atomic mass is 16.2. The number of anilines is 2. The van der Waals surface area contributed by atoms with Gasteiger partial charge in [0.25, 0.3) is 0 Å². The third-order valence-corrected chi connectivity index (χ3v) is 6.31. The summed E-state index contributed by atoms with van der Waals surface area (Å²) >= 11 is 0. The van der Waals surface area contributed by atoms with E-state index in [0.29, 0.717) is 24.7 Å². The number of amides is 3. The molecule has 0 aliphatic carbocycles. The van der Waals surface area contributed by atoms with Crippen molar-refractivity contribution in [2.45, 2.75) is 19.4 Å². The molecule has 0 unspecified atom stereocenters. The molecular weight excluding hydrogens is 404 g/mol. The van der Waals surface area contributed by atoms with Gasteiger partial charge in [-0.15, -0.1) is 0 Å². The maximum absolute atomic E-state index is 13.6. The zero-order chi connectivity index (χ0) is 21.8. The topological polar surface area (TPSA) is 74.0 Å². The number of amidine groups is 1. The first kappa shape index (κ1) is 18.8. The Balaban J connectivity index is 1.42. The summed E-state index contributed by atoms with van der Waals surface area (Å²) in [5, 5.41) is 4.56. The summed E-state index contributed by atoms with van der Waals surface area (Å²) in [4.78, 5) is 36.6. The average molecular weight is 426 g/mol. The van der Waals surface area contributed by atoms with Crippen molar-refractivity contribution in [2.24, 2.45) is 4.99 Å². The summed E-state index contributed by atoms with van der Waals surface area (Å²) in [5.74, 6) is 1.12. The minimum absolute atomic E-state index is 0.0437. The largest absolute Gasteiger partial charge is 0.331 e. The number of fused-ring (bicyclic) bond motifs is 4. The molecule has 0 fully saturated rings. The van der Waals surface area contributed by atoms with Gasteiger partial charge in [-0.2, -0.15) is 5.10 Å². The standard InChI is InChI=1S/C24H22N6O2/c1-16-13-17-7-5-6-10-20(17)29(16)21(31)15-28-23-19(22-25-11-12-27(22)24(28)32)14-26-30(23)18-8-3-2-4-9-18/h2-10,14,16H,11-13,15H2,1H3/t16-/m1/s1. The third-order valence-electron chi connectivity index (χ3n) is 6.31. The van der Waals surface area contributed by atoms with Crippen LogP contribution in [0.15, 0.2) is 65.8 Å². The molecule has 8 heteroatoms. The molecule has 0 spiro atoms. The number of nitrogens with zero attached hydrogens (tertiary/aromatic N) is 6. The summed E-state index contributed by atoms with van der Waals surface area (Å²) in [6, 6.07) is 17.4. The molecular formula is C24H22N6O2. The van der Waals surface area contributed by atoms with Crippen LogP contribution in [-0.2, 0) is 11.2 Å². The van der Waals surface area contributed by atoms with Gasteiger partial charge in [-0.25, -0.2) is 9.48 Å². The molecule has 3 amide bonds. The molecule has 32 heavy (non-hydrogen) atoms. The minimum atomic E-state index is -0.236. The van der Waals surface area contributed by atoms with E-state index in [1.165, 1.54) is 0 Å². The zero-order valence-corrected chi connectivity index (χ0v) is 17.7. The SMILES string of the molecule is C[C@@H]1Cc2ccccc2N1C(=O)CN1C(=O)N2CCN=C2c2cnn(-c3ccccc3)c21. The summed E-state index contributed by atoms with van der Waals surface area (Å²) in [5.41, 5.74) is 3.68. The van der Waals surface area contributed by atoms with Crippen LogP contribution in [0.5, 0.6) is 0 Å². The van der Waals surface area contributed by atoms with E-state index in [1.54, 1.807) is 20.7 Å². The Morgan fingerprint density at radius 2 is 1.88 bits per heavy atom.